The van der Waals surface area contributed by atoms with Crippen LogP contribution in [0.5, 0.6) is 0 Å². The summed E-state index contributed by atoms with van der Waals surface area (Å²) in [7, 11) is 0. The van der Waals surface area contributed by atoms with Gasteiger partial charge in [0.1, 0.15) is 6.04 Å². The summed E-state index contributed by atoms with van der Waals surface area (Å²) in [5, 5.41) is 3.15. The third-order valence-corrected chi connectivity index (χ3v) is 3.15. The first-order chi connectivity index (χ1) is 8.65. The van der Waals surface area contributed by atoms with Crippen LogP contribution in [0.4, 0.5) is 0 Å². The summed E-state index contributed by atoms with van der Waals surface area (Å²) in [6.45, 7) is 2.16. The summed E-state index contributed by atoms with van der Waals surface area (Å²) in [4.78, 5) is 23.3. The molecule has 18 heavy (non-hydrogen) atoms. The average Bonchev–Trinajstić information content (AvgIpc) is 2.39. The summed E-state index contributed by atoms with van der Waals surface area (Å²) in [5.41, 5.74) is 11.0. The predicted octanol–water partition coefficient (Wildman–Crippen LogP) is -0.488. The number of nitrogens with one attached hydrogen (secondary N) is 1. The largest absolute Gasteiger partial charge is 0.392 e. The van der Waals surface area contributed by atoms with Crippen molar-refractivity contribution in [1.29, 1.82) is 0 Å². The molecule has 1 atom stereocenters. The van der Waals surface area contributed by atoms with Crippen molar-refractivity contribution in [3.8, 4) is 0 Å². The van der Waals surface area contributed by atoms with E-state index in [0.717, 1.165) is 25.9 Å². The highest BCUT2D eigenvalue weighted by Crippen LogP contribution is 2.14. The van der Waals surface area contributed by atoms with Gasteiger partial charge in [-0.3, -0.25) is 4.79 Å². The molecule has 0 amide bonds. The Labute approximate surface area is 107 Å². The molecule has 5 N–H and O–H groups in total. The first-order valence-electron chi connectivity index (χ1n) is 6.57. The van der Waals surface area contributed by atoms with Crippen molar-refractivity contribution >= 4 is 11.9 Å². The van der Waals surface area contributed by atoms with E-state index in [0.29, 0.717) is 25.8 Å². The maximum absolute atomic E-state index is 11.7. The summed E-state index contributed by atoms with van der Waals surface area (Å²) in [6, 6.07) is -0.720. The van der Waals surface area contributed by atoms with Gasteiger partial charge in [-0.2, -0.15) is 0 Å². The summed E-state index contributed by atoms with van der Waals surface area (Å²) < 4.78 is 4.82. The SMILES string of the molecule is NCCCC[C@H](N)C(=O)OC(=O)C1CCNCC1. The number of hydrogen-bond acceptors (Lipinski definition) is 6. The smallest absolute Gasteiger partial charge is 0.330 e. The molecule has 0 aromatic carbocycles. The van der Waals surface area contributed by atoms with Gasteiger partial charge in [0, 0.05) is 0 Å². The molecule has 0 bridgehead atoms. The fourth-order valence-corrected chi connectivity index (χ4v) is 1.94. The minimum absolute atomic E-state index is 0.175. The Morgan fingerprint density at radius 2 is 1.94 bits per heavy atom. The zero-order valence-electron chi connectivity index (χ0n) is 10.7. The number of ether oxygens (including phenoxy) is 1. The van der Waals surface area contributed by atoms with Crippen LogP contribution >= 0.6 is 0 Å². The second-order valence-electron chi connectivity index (χ2n) is 4.66. The van der Waals surface area contributed by atoms with Crippen molar-refractivity contribution in [3.05, 3.63) is 0 Å². The van der Waals surface area contributed by atoms with Crippen LogP contribution in [0.1, 0.15) is 32.1 Å². The first kappa shape index (κ1) is 15.1. The molecule has 1 fully saturated rings. The Hall–Kier alpha value is -0.980. The quantitative estimate of drug-likeness (QED) is 0.337. The van der Waals surface area contributed by atoms with Crippen LogP contribution in [0, 0.1) is 5.92 Å². The lowest BCUT2D eigenvalue weighted by Gasteiger charge is -2.21. The van der Waals surface area contributed by atoms with Gasteiger partial charge in [0.15, 0.2) is 0 Å². The third kappa shape index (κ3) is 5.12. The number of carbonyl (C=O) groups is 2. The van der Waals surface area contributed by atoms with Crippen LogP contribution in [-0.4, -0.2) is 37.6 Å². The Kier molecular flexibility index (Phi) is 6.85. The third-order valence-electron chi connectivity index (χ3n) is 3.15. The van der Waals surface area contributed by atoms with E-state index in [2.05, 4.69) is 5.32 Å². The Balaban J connectivity index is 2.27. The van der Waals surface area contributed by atoms with Gasteiger partial charge in [0.05, 0.1) is 5.92 Å². The predicted molar refractivity (Wildman–Crippen MR) is 67.6 cm³/mol. The van der Waals surface area contributed by atoms with E-state index < -0.39 is 18.0 Å². The molecule has 1 rings (SSSR count). The molecule has 0 radical (unpaired) electrons. The number of unbranched alkanes of at least 4 members (excludes halogenated alkanes) is 1. The maximum Gasteiger partial charge on any atom is 0.330 e. The van der Waals surface area contributed by atoms with Gasteiger partial charge < -0.3 is 21.5 Å². The normalized spacial score (nSPS) is 18.3. The number of piperidine rings is 1. The lowest BCUT2D eigenvalue weighted by molar-refractivity contribution is -0.164. The molecule has 104 valence electrons. The lowest BCUT2D eigenvalue weighted by Crippen LogP contribution is -2.38. The van der Waals surface area contributed by atoms with Crippen molar-refractivity contribution in [2.24, 2.45) is 17.4 Å². The van der Waals surface area contributed by atoms with Gasteiger partial charge in [-0.1, -0.05) is 6.42 Å². The molecule has 6 nitrogen and oxygen atoms in total. The lowest BCUT2D eigenvalue weighted by atomic mass is 9.98. The fourth-order valence-electron chi connectivity index (χ4n) is 1.94. The molecule has 6 heteroatoms. The molecule has 1 heterocycles. The van der Waals surface area contributed by atoms with Crippen LogP contribution in [0.2, 0.25) is 0 Å². The van der Waals surface area contributed by atoms with Crippen LogP contribution in [-0.2, 0) is 14.3 Å². The van der Waals surface area contributed by atoms with Crippen LogP contribution in [0.15, 0.2) is 0 Å². The molecular formula is C12H23N3O3. The number of nitrogens with two attached hydrogens (primary N) is 2. The van der Waals surface area contributed by atoms with E-state index in [1.54, 1.807) is 0 Å². The molecule has 0 saturated carbocycles. The van der Waals surface area contributed by atoms with E-state index in [1.165, 1.54) is 0 Å². The molecule has 0 aliphatic carbocycles. The Bertz CT molecular complexity index is 278. The van der Waals surface area contributed by atoms with E-state index >= 15 is 0 Å². The zero-order chi connectivity index (χ0) is 13.4. The Morgan fingerprint density at radius 1 is 1.28 bits per heavy atom. The monoisotopic (exact) mass is 257 g/mol. The van der Waals surface area contributed by atoms with Crippen LogP contribution in [0.3, 0.4) is 0 Å². The van der Waals surface area contributed by atoms with E-state index in [1.807, 2.05) is 0 Å². The molecule has 1 aliphatic heterocycles. The van der Waals surface area contributed by atoms with Crippen molar-refractivity contribution in [3.63, 3.8) is 0 Å². The van der Waals surface area contributed by atoms with Gasteiger partial charge in [-0.15, -0.1) is 0 Å². The van der Waals surface area contributed by atoms with Gasteiger partial charge in [0.2, 0.25) is 0 Å². The molecule has 0 aromatic heterocycles. The van der Waals surface area contributed by atoms with Gasteiger partial charge in [0.25, 0.3) is 0 Å². The fraction of sp³-hybridized carbons (Fsp3) is 0.833. The second-order valence-corrected chi connectivity index (χ2v) is 4.66. The number of carbonyl (C=O) groups excluding carboxylic acids is 2. The van der Waals surface area contributed by atoms with Gasteiger partial charge in [-0.25, -0.2) is 4.79 Å². The molecular weight excluding hydrogens is 234 g/mol. The Morgan fingerprint density at radius 3 is 2.56 bits per heavy atom. The second kappa shape index (κ2) is 8.18. The van der Waals surface area contributed by atoms with Crippen LogP contribution < -0.4 is 16.8 Å². The molecule has 0 unspecified atom stereocenters. The average molecular weight is 257 g/mol. The van der Waals surface area contributed by atoms with E-state index in [-0.39, 0.29) is 5.92 Å². The topological polar surface area (TPSA) is 107 Å². The summed E-state index contributed by atoms with van der Waals surface area (Å²) >= 11 is 0. The molecule has 1 saturated heterocycles. The number of esters is 2. The number of hydrogen-bond donors (Lipinski definition) is 3. The van der Waals surface area contributed by atoms with Crippen molar-refractivity contribution < 1.29 is 14.3 Å². The van der Waals surface area contributed by atoms with Crippen molar-refractivity contribution in [2.75, 3.05) is 19.6 Å². The van der Waals surface area contributed by atoms with Crippen LogP contribution in [0.25, 0.3) is 0 Å². The minimum Gasteiger partial charge on any atom is -0.392 e. The molecule has 0 spiro atoms. The van der Waals surface area contributed by atoms with Crippen molar-refractivity contribution in [2.45, 2.75) is 38.1 Å². The summed E-state index contributed by atoms with van der Waals surface area (Å²) in [5.74, 6) is -1.22. The van der Waals surface area contributed by atoms with E-state index in [4.69, 9.17) is 16.2 Å². The molecule has 0 aromatic rings. The highest BCUT2D eigenvalue weighted by molar-refractivity contribution is 5.89. The standard InChI is InChI=1S/C12H23N3O3/c13-6-2-1-3-10(14)12(17)18-11(16)9-4-7-15-8-5-9/h9-10,15H,1-8,13-14H2/t10-/m0/s1. The van der Waals surface area contributed by atoms with Gasteiger partial charge in [-0.05, 0) is 45.3 Å². The van der Waals surface area contributed by atoms with Gasteiger partial charge >= 0.3 is 11.9 Å². The summed E-state index contributed by atoms with van der Waals surface area (Å²) in [6.07, 6.45) is 3.54. The van der Waals surface area contributed by atoms with E-state index in [9.17, 15) is 9.59 Å². The van der Waals surface area contributed by atoms with Crippen molar-refractivity contribution in [1.82, 2.24) is 5.32 Å². The highest BCUT2D eigenvalue weighted by Gasteiger charge is 2.26. The molecule has 1 aliphatic rings. The maximum atomic E-state index is 11.7. The number of rotatable bonds is 6. The first-order valence-corrected chi connectivity index (χ1v) is 6.57. The zero-order valence-corrected chi connectivity index (χ0v) is 10.7. The minimum atomic E-state index is -0.720. The highest BCUT2D eigenvalue weighted by atomic mass is 16.6.